The number of aryl methyl sites for hydroxylation is 1. The van der Waals surface area contributed by atoms with Crippen molar-refractivity contribution in [3.63, 3.8) is 0 Å². The van der Waals surface area contributed by atoms with Gasteiger partial charge in [0, 0.05) is 6.61 Å². The Labute approximate surface area is 142 Å². The zero-order valence-corrected chi connectivity index (χ0v) is 16.8. The monoisotopic (exact) mass is 336 g/mol. The summed E-state index contributed by atoms with van der Waals surface area (Å²) in [6.45, 7) is 14.2. The second-order valence-electron chi connectivity index (χ2n) is 7.58. The molecular formula is C19H32O3Si. The van der Waals surface area contributed by atoms with Crippen molar-refractivity contribution in [1.82, 2.24) is 0 Å². The second kappa shape index (κ2) is 8.11. The molecule has 0 aliphatic heterocycles. The van der Waals surface area contributed by atoms with E-state index < -0.39 is 8.32 Å². The van der Waals surface area contributed by atoms with Gasteiger partial charge in [-0.15, -0.1) is 0 Å². The van der Waals surface area contributed by atoms with Crippen LogP contribution in [-0.2, 0) is 22.0 Å². The summed E-state index contributed by atoms with van der Waals surface area (Å²) < 4.78 is 11.1. The van der Waals surface area contributed by atoms with Gasteiger partial charge in [0.2, 0.25) is 0 Å². The average molecular weight is 337 g/mol. The quantitative estimate of drug-likeness (QED) is 0.520. The molecule has 23 heavy (non-hydrogen) atoms. The molecule has 0 aliphatic carbocycles. The lowest BCUT2D eigenvalue weighted by Crippen LogP contribution is -2.41. The molecule has 0 atom stereocenters. The molecule has 0 saturated heterocycles. The fourth-order valence-electron chi connectivity index (χ4n) is 2.25. The van der Waals surface area contributed by atoms with Gasteiger partial charge < -0.3 is 9.16 Å². The van der Waals surface area contributed by atoms with Gasteiger partial charge in [0.05, 0.1) is 12.7 Å². The molecule has 0 fully saturated rings. The molecular weight excluding hydrogens is 304 g/mol. The van der Waals surface area contributed by atoms with E-state index in [0.717, 1.165) is 19.3 Å². The van der Waals surface area contributed by atoms with Crippen molar-refractivity contribution in [2.24, 2.45) is 0 Å². The first kappa shape index (κ1) is 19.9. The van der Waals surface area contributed by atoms with Gasteiger partial charge in [0.1, 0.15) is 0 Å². The maximum atomic E-state index is 11.8. The van der Waals surface area contributed by atoms with Crippen LogP contribution in [0.25, 0.3) is 0 Å². The van der Waals surface area contributed by atoms with Crippen molar-refractivity contribution in [1.29, 1.82) is 0 Å². The summed E-state index contributed by atoms with van der Waals surface area (Å²) in [5.74, 6) is -0.278. The topological polar surface area (TPSA) is 35.5 Å². The summed E-state index contributed by atoms with van der Waals surface area (Å²) in [4.78, 5) is 11.8. The first-order valence-corrected chi connectivity index (χ1v) is 11.4. The Kier molecular flexibility index (Phi) is 7.02. The molecule has 4 heteroatoms. The number of carbonyl (C=O) groups excluding carboxylic acids is 1. The molecule has 0 bridgehead atoms. The van der Waals surface area contributed by atoms with Crippen molar-refractivity contribution in [2.45, 2.75) is 65.1 Å². The van der Waals surface area contributed by atoms with Crippen molar-refractivity contribution in [3.05, 3.63) is 34.9 Å². The Hall–Kier alpha value is -1.13. The van der Waals surface area contributed by atoms with Crippen LogP contribution in [0.2, 0.25) is 18.1 Å². The number of carbonyl (C=O) groups is 1. The van der Waals surface area contributed by atoms with E-state index in [0.29, 0.717) is 12.2 Å². The molecule has 3 nitrogen and oxygen atoms in total. The number of rotatable bonds is 7. The maximum absolute atomic E-state index is 11.8. The van der Waals surface area contributed by atoms with Gasteiger partial charge in [0.25, 0.3) is 0 Å². The number of hydrogen-bond acceptors (Lipinski definition) is 3. The first-order valence-electron chi connectivity index (χ1n) is 8.46. The van der Waals surface area contributed by atoms with Crippen LogP contribution in [0.1, 0.15) is 55.6 Å². The van der Waals surface area contributed by atoms with E-state index in [4.69, 9.17) is 9.16 Å². The minimum Gasteiger partial charge on any atom is -0.465 e. The SMILES string of the molecule is CCCc1ccc(C(=O)OC)cc1CCO[Si](C)(C)C(C)(C)C. The van der Waals surface area contributed by atoms with Gasteiger partial charge in [-0.3, -0.25) is 0 Å². The largest absolute Gasteiger partial charge is 0.465 e. The fraction of sp³-hybridized carbons (Fsp3) is 0.632. The Morgan fingerprint density at radius 2 is 1.78 bits per heavy atom. The van der Waals surface area contributed by atoms with Gasteiger partial charge in [-0.2, -0.15) is 0 Å². The lowest BCUT2D eigenvalue weighted by Gasteiger charge is -2.36. The first-order chi connectivity index (χ1) is 10.6. The van der Waals surface area contributed by atoms with E-state index in [1.54, 1.807) is 0 Å². The van der Waals surface area contributed by atoms with Crippen LogP contribution in [0, 0.1) is 0 Å². The standard InChI is InChI=1S/C19H32O3Si/c1-8-9-15-10-11-17(18(20)21-5)14-16(15)12-13-22-23(6,7)19(2,3)4/h10-11,14H,8-9,12-13H2,1-7H3. The van der Waals surface area contributed by atoms with E-state index in [1.165, 1.54) is 18.2 Å². The van der Waals surface area contributed by atoms with Gasteiger partial charge in [0.15, 0.2) is 8.32 Å². The minimum atomic E-state index is -1.73. The van der Waals surface area contributed by atoms with Crippen molar-refractivity contribution in [3.8, 4) is 0 Å². The molecule has 0 aromatic heterocycles. The summed E-state index contributed by atoms with van der Waals surface area (Å²) in [7, 11) is -0.309. The number of ether oxygens (including phenoxy) is 1. The van der Waals surface area contributed by atoms with E-state index in [2.05, 4.69) is 46.9 Å². The van der Waals surface area contributed by atoms with E-state index in [-0.39, 0.29) is 11.0 Å². The van der Waals surface area contributed by atoms with Gasteiger partial charge in [-0.1, -0.05) is 40.2 Å². The fourth-order valence-corrected chi connectivity index (χ4v) is 3.29. The number of hydrogen-bond donors (Lipinski definition) is 0. The summed E-state index contributed by atoms with van der Waals surface area (Å²) >= 11 is 0. The van der Waals surface area contributed by atoms with Crippen molar-refractivity contribution >= 4 is 14.3 Å². The highest BCUT2D eigenvalue weighted by Crippen LogP contribution is 2.36. The van der Waals surface area contributed by atoms with Crippen LogP contribution in [0.4, 0.5) is 0 Å². The molecule has 1 aromatic rings. The number of benzene rings is 1. The third-order valence-corrected chi connectivity index (χ3v) is 9.33. The predicted molar refractivity (Wildman–Crippen MR) is 98.6 cm³/mol. The average Bonchev–Trinajstić information content (AvgIpc) is 2.47. The van der Waals surface area contributed by atoms with E-state index >= 15 is 0 Å². The molecule has 0 heterocycles. The summed E-state index contributed by atoms with van der Waals surface area (Å²) in [5, 5.41) is 0.215. The third kappa shape index (κ3) is 5.46. The van der Waals surface area contributed by atoms with E-state index in [1.807, 2.05) is 12.1 Å². The number of methoxy groups -OCH3 is 1. The second-order valence-corrected chi connectivity index (χ2v) is 12.4. The Morgan fingerprint density at radius 1 is 1.13 bits per heavy atom. The Morgan fingerprint density at radius 3 is 2.30 bits per heavy atom. The molecule has 0 unspecified atom stereocenters. The summed E-state index contributed by atoms with van der Waals surface area (Å²) in [5.41, 5.74) is 3.13. The van der Waals surface area contributed by atoms with Crippen LogP contribution in [-0.4, -0.2) is 28.0 Å². The molecule has 1 rings (SSSR count). The summed E-state index contributed by atoms with van der Waals surface area (Å²) in [6, 6.07) is 5.87. The van der Waals surface area contributed by atoms with Gasteiger partial charge in [-0.05, 0) is 54.2 Å². The highest BCUT2D eigenvalue weighted by Gasteiger charge is 2.36. The van der Waals surface area contributed by atoms with Gasteiger partial charge in [-0.25, -0.2) is 4.79 Å². The highest BCUT2D eigenvalue weighted by atomic mass is 28.4. The highest BCUT2D eigenvalue weighted by molar-refractivity contribution is 6.74. The normalized spacial score (nSPS) is 12.3. The van der Waals surface area contributed by atoms with Crippen molar-refractivity contribution < 1.29 is 14.0 Å². The lowest BCUT2D eigenvalue weighted by molar-refractivity contribution is 0.0600. The van der Waals surface area contributed by atoms with Crippen LogP contribution in [0.5, 0.6) is 0 Å². The molecule has 1 aromatic carbocycles. The Bertz CT molecular complexity index is 530. The van der Waals surface area contributed by atoms with Crippen molar-refractivity contribution in [2.75, 3.05) is 13.7 Å². The minimum absolute atomic E-state index is 0.215. The van der Waals surface area contributed by atoms with Gasteiger partial charge >= 0.3 is 5.97 Å². The predicted octanol–water partition coefficient (Wildman–Crippen LogP) is 4.99. The van der Waals surface area contributed by atoms with E-state index in [9.17, 15) is 4.79 Å². The molecule has 0 spiro atoms. The zero-order chi connectivity index (χ0) is 17.7. The molecule has 0 amide bonds. The zero-order valence-electron chi connectivity index (χ0n) is 15.8. The number of esters is 1. The molecule has 130 valence electrons. The Balaban J connectivity index is 2.86. The molecule has 0 radical (unpaired) electrons. The molecule has 0 N–H and O–H groups in total. The van der Waals surface area contributed by atoms with Crippen LogP contribution in [0.3, 0.4) is 0 Å². The third-order valence-electron chi connectivity index (χ3n) is 4.79. The molecule has 0 saturated carbocycles. The lowest BCUT2D eigenvalue weighted by atomic mass is 9.98. The molecule has 0 aliphatic rings. The summed E-state index contributed by atoms with van der Waals surface area (Å²) in [6.07, 6.45) is 2.96. The van der Waals surface area contributed by atoms with Crippen LogP contribution >= 0.6 is 0 Å². The van der Waals surface area contributed by atoms with Crippen LogP contribution in [0.15, 0.2) is 18.2 Å². The van der Waals surface area contributed by atoms with Crippen LogP contribution < -0.4 is 0 Å². The smallest absolute Gasteiger partial charge is 0.337 e. The maximum Gasteiger partial charge on any atom is 0.337 e.